The van der Waals surface area contributed by atoms with Gasteiger partial charge in [-0.1, -0.05) is 30.3 Å². The van der Waals surface area contributed by atoms with Crippen molar-refractivity contribution in [1.82, 2.24) is 24.5 Å². The van der Waals surface area contributed by atoms with Crippen molar-refractivity contribution in [2.75, 3.05) is 18.8 Å². The lowest BCUT2D eigenvalue weighted by molar-refractivity contribution is 0.0196. The van der Waals surface area contributed by atoms with Crippen molar-refractivity contribution in [3.63, 3.8) is 0 Å². The molecule has 8 nitrogen and oxygen atoms in total. The number of anilines is 1. The third kappa shape index (κ3) is 4.16. The summed E-state index contributed by atoms with van der Waals surface area (Å²) < 4.78 is 7.08. The molecule has 1 saturated heterocycles. The summed E-state index contributed by atoms with van der Waals surface area (Å²) in [6, 6.07) is 11.7. The first kappa shape index (κ1) is 19.2. The van der Waals surface area contributed by atoms with Crippen molar-refractivity contribution < 1.29 is 9.53 Å². The molecule has 3 aromatic rings. The van der Waals surface area contributed by atoms with E-state index in [4.69, 9.17) is 15.5 Å². The van der Waals surface area contributed by atoms with Gasteiger partial charge >= 0.3 is 6.09 Å². The third-order valence-corrected chi connectivity index (χ3v) is 4.87. The van der Waals surface area contributed by atoms with Crippen LogP contribution in [0.1, 0.15) is 45.4 Å². The third-order valence-electron chi connectivity index (χ3n) is 4.87. The van der Waals surface area contributed by atoms with Crippen LogP contribution in [-0.2, 0) is 4.74 Å². The lowest BCUT2D eigenvalue weighted by Gasteiger charge is -2.33. The van der Waals surface area contributed by atoms with E-state index in [0.717, 1.165) is 24.1 Å². The average molecular weight is 394 g/mol. The van der Waals surface area contributed by atoms with Crippen LogP contribution in [0.15, 0.2) is 36.4 Å². The maximum absolute atomic E-state index is 12.4. The van der Waals surface area contributed by atoms with Gasteiger partial charge in [0.15, 0.2) is 11.5 Å². The molecule has 1 aromatic carbocycles. The zero-order valence-corrected chi connectivity index (χ0v) is 17.0. The van der Waals surface area contributed by atoms with Gasteiger partial charge in [0.05, 0.1) is 5.69 Å². The molecule has 0 aliphatic carbocycles. The topological polar surface area (TPSA) is 98.6 Å². The van der Waals surface area contributed by atoms with Crippen LogP contribution in [0.5, 0.6) is 0 Å². The molecule has 1 atom stereocenters. The summed E-state index contributed by atoms with van der Waals surface area (Å²) in [5.41, 5.74) is 8.02. The highest BCUT2D eigenvalue weighted by molar-refractivity contribution is 5.68. The number of carbonyl (C=O) groups is 1. The van der Waals surface area contributed by atoms with E-state index in [1.807, 2.05) is 57.2 Å². The smallest absolute Gasteiger partial charge is 0.410 e. The Labute approximate surface area is 169 Å². The number of hydrogen-bond acceptors (Lipinski definition) is 6. The van der Waals surface area contributed by atoms with Gasteiger partial charge in [-0.25, -0.2) is 14.8 Å². The van der Waals surface area contributed by atoms with Gasteiger partial charge in [0.1, 0.15) is 5.60 Å². The molecule has 1 unspecified atom stereocenters. The van der Waals surface area contributed by atoms with E-state index in [1.165, 1.54) is 0 Å². The average Bonchev–Trinajstić information content (AvgIpc) is 3.12. The standard InChI is InChI=1S/C21H26N6O2/c1-21(2,3)29-20(28)26-11-7-10-15(13-26)18-24-17-12-16(14-8-5-4-6-9-14)23-19(22)27(17)25-18/h4-6,8-9,12,15H,7,10-11,13H2,1-3H3,(H2,22,23). The zero-order chi connectivity index (χ0) is 20.6. The molecular formula is C21H26N6O2. The molecule has 1 aliphatic heterocycles. The van der Waals surface area contributed by atoms with Crippen LogP contribution in [0, 0.1) is 0 Å². The number of ether oxygens (including phenoxy) is 1. The van der Waals surface area contributed by atoms with E-state index in [1.54, 1.807) is 9.42 Å². The molecule has 1 fully saturated rings. The van der Waals surface area contributed by atoms with Crippen LogP contribution in [0.3, 0.4) is 0 Å². The Morgan fingerprint density at radius 1 is 1.21 bits per heavy atom. The van der Waals surface area contributed by atoms with Gasteiger partial charge in [0.2, 0.25) is 5.95 Å². The van der Waals surface area contributed by atoms with Gasteiger partial charge in [-0.05, 0) is 33.6 Å². The summed E-state index contributed by atoms with van der Waals surface area (Å²) in [5.74, 6) is 1.01. The second kappa shape index (κ2) is 7.35. The number of likely N-dealkylation sites (tertiary alicyclic amines) is 1. The second-order valence-corrected chi connectivity index (χ2v) is 8.37. The predicted octanol–water partition coefficient (Wildman–Crippen LogP) is 3.49. The minimum absolute atomic E-state index is 0.0377. The van der Waals surface area contributed by atoms with Crippen molar-refractivity contribution in [2.24, 2.45) is 0 Å². The molecule has 3 heterocycles. The van der Waals surface area contributed by atoms with Gasteiger partial charge in [-0.15, -0.1) is 5.10 Å². The monoisotopic (exact) mass is 394 g/mol. The van der Waals surface area contributed by atoms with Crippen LogP contribution in [-0.4, -0.2) is 49.3 Å². The number of nitrogens with two attached hydrogens (primary N) is 1. The number of nitrogens with zero attached hydrogens (tertiary/aromatic N) is 5. The number of fused-ring (bicyclic) bond motifs is 1. The zero-order valence-electron chi connectivity index (χ0n) is 17.0. The summed E-state index contributed by atoms with van der Waals surface area (Å²) in [6.07, 6.45) is 1.50. The predicted molar refractivity (Wildman–Crippen MR) is 110 cm³/mol. The molecule has 2 N–H and O–H groups in total. The van der Waals surface area contributed by atoms with Crippen LogP contribution in [0.4, 0.5) is 10.7 Å². The SMILES string of the molecule is CC(C)(C)OC(=O)N1CCCC(c2nc3cc(-c4ccccc4)nc(N)n3n2)C1. The first-order chi connectivity index (χ1) is 13.8. The highest BCUT2D eigenvalue weighted by atomic mass is 16.6. The van der Waals surface area contributed by atoms with Gasteiger partial charge in [-0.3, -0.25) is 0 Å². The van der Waals surface area contributed by atoms with Crippen LogP contribution in [0.25, 0.3) is 16.9 Å². The van der Waals surface area contributed by atoms with Gasteiger partial charge < -0.3 is 15.4 Å². The Hall–Kier alpha value is -3.16. The van der Waals surface area contributed by atoms with E-state index < -0.39 is 5.60 Å². The van der Waals surface area contributed by atoms with Gasteiger partial charge in [0, 0.05) is 30.6 Å². The van der Waals surface area contributed by atoms with E-state index in [2.05, 4.69) is 10.1 Å². The fourth-order valence-corrected chi connectivity index (χ4v) is 3.54. The summed E-state index contributed by atoms with van der Waals surface area (Å²) in [6.45, 7) is 6.83. The largest absolute Gasteiger partial charge is 0.444 e. The Kier molecular flexibility index (Phi) is 4.86. The van der Waals surface area contributed by atoms with Crippen molar-refractivity contribution >= 4 is 17.7 Å². The van der Waals surface area contributed by atoms with E-state index >= 15 is 0 Å². The highest BCUT2D eigenvalue weighted by Crippen LogP contribution is 2.27. The number of hydrogen-bond donors (Lipinski definition) is 1. The van der Waals surface area contributed by atoms with Crippen molar-refractivity contribution in [2.45, 2.75) is 45.1 Å². The normalized spacial score (nSPS) is 17.5. The van der Waals surface area contributed by atoms with Crippen molar-refractivity contribution in [3.8, 4) is 11.3 Å². The number of rotatable bonds is 2. The molecule has 152 valence electrons. The first-order valence-electron chi connectivity index (χ1n) is 9.87. The van der Waals surface area contributed by atoms with Crippen molar-refractivity contribution in [1.29, 1.82) is 0 Å². The molecule has 29 heavy (non-hydrogen) atoms. The molecule has 0 radical (unpaired) electrons. The lowest BCUT2D eigenvalue weighted by atomic mass is 9.98. The second-order valence-electron chi connectivity index (χ2n) is 8.37. The highest BCUT2D eigenvalue weighted by Gasteiger charge is 2.30. The number of amides is 1. The first-order valence-corrected chi connectivity index (χ1v) is 9.87. The Morgan fingerprint density at radius 3 is 2.69 bits per heavy atom. The molecule has 0 bridgehead atoms. The Balaban J connectivity index is 1.59. The Bertz CT molecular complexity index is 1020. The van der Waals surface area contributed by atoms with E-state index in [0.29, 0.717) is 30.5 Å². The Morgan fingerprint density at radius 2 is 1.97 bits per heavy atom. The minimum atomic E-state index is -0.515. The number of benzene rings is 1. The summed E-state index contributed by atoms with van der Waals surface area (Å²) >= 11 is 0. The summed E-state index contributed by atoms with van der Waals surface area (Å²) in [4.78, 5) is 23.4. The number of aromatic nitrogens is 4. The van der Waals surface area contributed by atoms with Gasteiger partial charge in [-0.2, -0.15) is 4.52 Å². The maximum Gasteiger partial charge on any atom is 0.410 e. The van der Waals surface area contributed by atoms with Crippen LogP contribution < -0.4 is 5.73 Å². The van der Waals surface area contributed by atoms with E-state index in [-0.39, 0.29) is 12.0 Å². The minimum Gasteiger partial charge on any atom is -0.444 e. The quantitative estimate of drug-likeness (QED) is 0.714. The molecule has 0 spiro atoms. The summed E-state index contributed by atoms with van der Waals surface area (Å²) in [7, 11) is 0. The number of nitrogen functional groups attached to an aromatic ring is 1. The fraction of sp³-hybridized carbons (Fsp3) is 0.429. The molecule has 1 amide bonds. The lowest BCUT2D eigenvalue weighted by Crippen LogP contribution is -2.42. The fourth-order valence-electron chi connectivity index (χ4n) is 3.54. The van der Waals surface area contributed by atoms with Crippen LogP contribution >= 0.6 is 0 Å². The number of piperidine rings is 1. The van der Waals surface area contributed by atoms with Crippen LogP contribution in [0.2, 0.25) is 0 Å². The molecular weight excluding hydrogens is 368 g/mol. The molecule has 4 rings (SSSR count). The maximum atomic E-state index is 12.4. The molecule has 2 aromatic heterocycles. The number of carbonyl (C=O) groups excluding carboxylic acids is 1. The molecule has 8 heteroatoms. The van der Waals surface area contributed by atoms with E-state index in [9.17, 15) is 4.79 Å². The molecule has 0 saturated carbocycles. The molecule has 1 aliphatic rings. The summed E-state index contributed by atoms with van der Waals surface area (Å²) in [5, 5.41) is 4.58. The van der Waals surface area contributed by atoms with Gasteiger partial charge in [0.25, 0.3) is 0 Å². The van der Waals surface area contributed by atoms with Crippen molar-refractivity contribution in [3.05, 3.63) is 42.2 Å².